The minimum Gasteiger partial charge on any atom is -0.364 e. The molecule has 7 heteroatoms. The maximum Gasteiger partial charge on any atom is 0.211 e. The second-order valence-corrected chi connectivity index (χ2v) is 9.68. The zero-order valence-electron chi connectivity index (χ0n) is 16.7. The first-order valence-corrected chi connectivity index (χ1v) is 11.6. The molecule has 0 aliphatic carbocycles. The minimum absolute atomic E-state index is 0.164. The number of fused-ring (bicyclic) bond motifs is 1. The van der Waals surface area contributed by atoms with Gasteiger partial charge in [-0.05, 0) is 30.5 Å². The molecule has 1 N–H and O–H groups in total. The fourth-order valence-electron chi connectivity index (χ4n) is 4.06. The van der Waals surface area contributed by atoms with Gasteiger partial charge in [0, 0.05) is 31.0 Å². The molecule has 0 radical (unpaired) electrons. The Hall–Kier alpha value is -2.64. The van der Waals surface area contributed by atoms with Crippen molar-refractivity contribution in [3.8, 4) is 0 Å². The summed E-state index contributed by atoms with van der Waals surface area (Å²) in [6.07, 6.45) is 5.47. The fourth-order valence-corrected chi connectivity index (χ4v) is 5.11. The van der Waals surface area contributed by atoms with Gasteiger partial charge in [-0.25, -0.2) is 13.4 Å². The number of nitrogens with zero attached hydrogens (tertiary/aromatic N) is 3. The number of benzene rings is 2. The van der Waals surface area contributed by atoms with Crippen molar-refractivity contribution in [2.75, 3.05) is 17.7 Å². The molecule has 4 rings (SSSR count). The topological polar surface area (TPSA) is 69.3 Å². The van der Waals surface area contributed by atoms with Crippen LogP contribution in [0.4, 0.5) is 5.69 Å². The monoisotopic (exact) mass is 410 g/mol. The number of anilines is 1. The third-order valence-electron chi connectivity index (χ3n) is 5.40. The predicted octanol–water partition coefficient (Wildman–Crippen LogP) is 3.11. The maximum absolute atomic E-state index is 12.7. The highest BCUT2D eigenvalue weighted by Gasteiger charge is 2.33. The van der Waals surface area contributed by atoms with Gasteiger partial charge in [0.2, 0.25) is 10.0 Å². The molecule has 1 aliphatic heterocycles. The van der Waals surface area contributed by atoms with Crippen LogP contribution in [-0.2, 0) is 29.5 Å². The molecule has 29 heavy (non-hydrogen) atoms. The lowest BCUT2D eigenvalue weighted by molar-refractivity contribution is 0.320. The molecular weight excluding hydrogens is 384 g/mol. The molecule has 0 saturated heterocycles. The number of imidazole rings is 1. The molecule has 6 nitrogen and oxygen atoms in total. The Morgan fingerprint density at radius 3 is 2.66 bits per heavy atom. The second-order valence-electron chi connectivity index (χ2n) is 7.74. The highest BCUT2D eigenvalue weighted by Crippen LogP contribution is 2.31. The van der Waals surface area contributed by atoms with Crippen molar-refractivity contribution in [2.24, 2.45) is 0 Å². The van der Waals surface area contributed by atoms with Crippen molar-refractivity contribution >= 4 is 15.7 Å². The van der Waals surface area contributed by atoms with Gasteiger partial charge in [-0.15, -0.1) is 0 Å². The lowest BCUT2D eigenvalue weighted by Gasteiger charge is -2.31. The molecule has 0 bridgehead atoms. The molecule has 0 fully saturated rings. The van der Waals surface area contributed by atoms with E-state index in [4.69, 9.17) is 0 Å². The zero-order chi connectivity index (χ0) is 20.4. The molecule has 1 aliphatic rings. The molecule has 0 saturated carbocycles. The van der Waals surface area contributed by atoms with Gasteiger partial charge in [-0.1, -0.05) is 48.0 Å². The van der Waals surface area contributed by atoms with Crippen LogP contribution in [0.2, 0.25) is 0 Å². The van der Waals surface area contributed by atoms with Gasteiger partial charge in [0.05, 0.1) is 24.8 Å². The van der Waals surface area contributed by atoms with Gasteiger partial charge in [0.15, 0.2) is 0 Å². The molecule has 0 spiro atoms. The Balaban J connectivity index is 1.75. The van der Waals surface area contributed by atoms with Crippen LogP contribution in [-0.4, -0.2) is 41.5 Å². The van der Waals surface area contributed by atoms with Gasteiger partial charge >= 0.3 is 0 Å². The Kier molecular flexibility index (Phi) is 5.43. The molecule has 152 valence electrons. The van der Waals surface area contributed by atoms with Crippen molar-refractivity contribution < 1.29 is 8.42 Å². The summed E-state index contributed by atoms with van der Waals surface area (Å²) in [6.45, 7) is 3.68. The molecule has 3 aromatic rings. The van der Waals surface area contributed by atoms with Crippen molar-refractivity contribution in [1.82, 2.24) is 14.3 Å². The molecule has 1 aromatic heterocycles. The van der Waals surface area contributed by atoms with Crippen LogP contribution in [0.15, 0.2) is 61.1 Å². The maximum atomic E-state index is 12.7. The van der Waals surface area contributed by atoms with Crippen LogP contribution in [0.3, 0.4) is 0 Å². The summed E-state index contributed by atoms with van der Waals surface area (Å²) in [7, 11) is -3.37. The summed E-state index contributed by atoms with van der Waals surface area (Å²) >= 11 is 0. The quantitative estimate of drug-likeness (QED) is 0.702. The smallest absolute Gasteiger partial charge is 0.211 e. The molecule has 0 unspecified atom stereocenters. The fraction of sp³-hybridized carbons (Fsp3) is 0.318. The summed E-state index contributed by atoms with van der Waals surface area (Å²) < 4.78 is 27.2. The van der Waals surface area contributed by atoms with E-state index < -0.39 is 10.0 Å². The molecule has 1 atom stereocenters. The zero-order valence-corrected chi connectivity index (χ0v) is 17.6. The number of nitrogens with one attached hydrogen (secondary N) is 1. The standard InChI is InChI=1S/C22H26N4O2S/c1-17-8-9-22-19(10-17)13-26(29(2,27)28)21(11-18-6-4-3-5-7-18)15-25(22)14-20-12-23-16-24-20/h3-10,12,16,21H,11,13-15H2,1-2H3,(H,23,24)/t21-/m1/s1. The number of aromatic amines is 1. The van der Waals surface area contributed by atoms with Gasteiger partial charge < -0.3 is 9.88 Å². The lowest BCUT2D eigenvalue weighted by Crippen LogP contribution is -2.45. The van der Waals surface area contributed by atoms with E-state index in [-0.39, 0.29) is 6.04 Å². The average molecular weight is 411 g/mol. The summed E-state index contributed by atoms with van der Waals surface area (Å²) in [4.78, 5) is 9.57. The van der Waals surface area contributed by atoms with E-state index in [2.05, 4.69) is 45.2 Å². The lowest BCUT2D eigenvalue weighted by atomic mass is 10.1. The number of hydrogen-bond donors (Lipinski definition) is 1. The Labute approximate surface area is 172 Å². The third-order valence-corrected chi connectivity index (χ3v) is 6.68. The number of sulfonamides is 1. The van der Waals surface area contributed by atoms with Gasteiger partial charge in [0.1, 0.15) is 0 Å². The van der Waals surface area contributed by atoms with Crippen LogP contribution in [0.5, 0.6) is 0 Å². The average Bonchev–Trinajstić information content (AvgIpc) is 3.13. The van der Waals surface area contributed by atoms with Crippen molar-refractivity contribution in [3.63, 3.8) is 0 Å². The molecule has 2 heterocycles. The van der Waals surface area contributed by atoms with E-state index in [9.17, 15) is 8.42 Å². The van der Waals surface area contributed by atoms with Gasteiger partial charge in [-0.3, -0.25) is 0 Å². The van der Waals surface area contributed by atoms with E-state index in [1.54, 1.807) is 10.6 Å². The summed E-state index contributed by atoms with van der Waals surface area (Å²) in [6, 6.07) is 16.2. The van der Waals surface area contributed by atoms with E-state index in [0.717, 1.165) is 28.1 Å². The summed E-state index contributed by atoms with van der Waals surface area (Å²) in [5.41, 5.74) is 5.37. The van der Waals surface area contributed by atoms with Crippen LogP contribution in [0.25, 0.3) is 0 Å². The first kappa shape index (κ1) is 19.7. The van der Waals surface area contributed by atoms with Crippen LogP contribution in [0, 0.1) is 6.92 Å². The Bertz CT molecular complexity index is 1070. The molecule has 0 amide bonds. The number of hydrogen-bond acceptors (Lipinski definition) is 4. The van der Waals surface area contributed by atoms with Gasteiger partial charge in [-0.2, -0.15) is 4.31 Å². The Morgan fingerprint density at radius 1 is 1.17 bits per heavy atom. The number of rotatable bonds is 5. The van der Waals surface area contributed by atoms with Crippen molar-refractivity contribution in [1.29, 1.82) is 0 Å². The SMILES string of the molecule is Cc1ccc2c(c1)CN(S(C)(=O)=O)[C@H](Cc1ccccc1)CN2Cc1cnc[nH]1. The molecule has 2 aromatic carbocycles. The number of aromatic nitrogens is 2. The number of aryl methyl sites for hydroxylation is 1. The summed E-state index contributed by atoms with van der Waals surface area (Å²) in [5, 5.41) is 0. The summed E-state index contributed by atoms with van der Waals surface area (Å²) in [5.74, 6) is 0. The second kappa shape index (κ2) is 8.00. The highest BCUT2D eigenvalue weighted by molar-refractivity contribution is 7.88. The Morgan fingerprint density at radius 2 is 1.97 bits per heavy atom. The van der Waals surface area contributed by atoms with Crippen molar-refractivity contribution in [3.05, 3.63) is 83.4 Å². The normalized spacial score (nSPS) is 17.7. The highest BCUT2D eigenvalue weighted by atomic mass is 32.2. The van der Waals surface area contributed by atoms with E-state index in [0.29, 0.717) is 26.1 Å². The van der Waals surface area contributed by atoms with Crippen molar-refractivity contribution in [2.45, 2.75) is 32.5 Å². The predicted molar refractivity (Wildman–Crippen MR) is 115 cm³/mol. The third kappa shape index (κ3) is 4.52. The van der Waals surface area contributed by atoms with Crippen LogP contribution in [0.1, 0.15) is 22.4 Å². The van der Waals surface area contributed by atoms with Crippen LogP contribution >= 0.6 is 0 Å². The first-order chi connectivity index (χ1) is 13.9. The molecular formula is C22H26N4O2S. The van der Waals surface area contributed by atoms with Crippen LogP contribution < -0.4 is 4.90 Å². The first-order valence-electron chi connectivity index (χ1n) is 9.72. The minimum atomic E-state index is -3.37. The van der Waals surface area contributed by atoms with E-state index in [1.807, 2.05) is 31.3 Å². The van der Waals surface area contributed by atoms with E-state index >= 15 is 0 Å². The largest absolute Gasteiger partial charge is 0.364 e. The number of H-pyrrole nitrogens is 1. The van der Waals surface area contributed by atoms with Gasteiger partial charge in [0.25, 0.3) is 0 Å². The van der Waals surface area contributed by atoms with E-state index in [1.165, 1.54) is 6.26 Å².